The molecule has 0 spiro atoms. The van der Waals surface area contributed by atoms with Gasteiger partial charge < -0.3 is 4.90 Å². The Morgan fingerprint density at radius 3 is 2.62 bits per heavy atom. The molecule has 2 aromatic heterocycles. The Bertz CT molecular complexity index is 722. The second kappa shape index (κ2) is 6.72. The van der Waals surface area contributed by atoms with Gasteiger partial charge in [-0.3, -0.25) is 9.48 Å². The summed E-state index contributed by atoms with van der Waals surface area (Å²) in [5.41, 5.74) is -0.837. The van der Waals surface area contributed by atoms with E-state index in [0.29, 0.717) is 36.0 Å². The number of halogens is 4. The summed E-state index contributed by atoms with van der Waals surface area (Å²) in [6.07, 6.45) is -0.161. The smallest absolute Gasteiger partial charge is 0.341 e. The predicted molar refractivity (Wildman–Crippen MR) is 82.9 cm³/mol. The van der Waals surface area contributed by atoms with Crippen molar-refractivity contribution in [3.05, 3.63) is 33.5 Å². The van der Waals surface area contributed by atoms with E-state index in [-0.39, 0.29) is 18.4 Å². The van der Waals surface area contributed by atoms with Gasteiger partial charge in [-0.15, -0.1) is 11.3 Å². The lowest BCUT2D eigenvalue weighted by Gasteiger charge is -2.31. The van der Waals surface area contributed by atoms with Gasteiger partial charge in [-0.25, -0.2) is 4.98 Å². The number of hydrogen-bond acceptors (Lipinski definition) is 4. The van der Waals surface area contributed by atoms with Crippen molar-refractivity contribution in [3.8, 4) is 0 Å². The van der Waals surface area contributed by atoms with E-state index in [1.165, 1.54) is 10.9 Å². The fourth-order valence-corrected chi connectivity index (χ4v) is 3.80. The van der Waals surface area contributed by atoms with Crippen LogP contribution in [-0.4, -0.2) is 38.7 Å². The third-order valence-electron chi connectivity index (χ3n) is 3.91. The average molecular weight is 379 g/mol. The van der Waals surface area contributed by atoms with Gasteiger partial charge in [-0.1, -0.05) is 11.6 Å². The Kier molecular flexibility index (Phi) is 4.82. The highest BCUT2D eigenvalue weighted by atomic mass is 35.5. The molecule has 0 radical (unpaired) electrons. The Morgan fingerprint density at radius 1 is 1.38 bits per heavy atom. The van der Waals surface area contributed by atoms with Crippen molar-refractivity contribution in [3.63, 3.8) is 0 Å². The van der Waals surface area contributed by atoms with E-state index >= 15 is 0 Å². The molecule has 0 aromatic carbocycles. The number of likely N-dealkylation sites (tertiary alicyclic amines) is 1. The summed E-state index contributed by atoms with van der Waals surface area (Å²) >= 11 is 6.79. The van der Waals surface area contributed by atoms with E-state index in [1.807, 2.05) is 0 Å². The van der Waals surface area contributed by atoms with E-state index in [4.69, 9.17) is 11.6 Å². The van der Waals surface area contributed by atoms with Gasteiger partial charge in [-0.05, 0) is 12.8 Å². The van der Waals surface area contributed by atoms with Crippen LogP contribution in [0.3, 0.4) is 0 Å². The standard InChI is InChI=1S/C14H14ClF3N4OS/c15-10-5-19-22(6-10)7-12(23)21-3-1-9(2-4-21)13-20-11(8-24-13)14(16,17)18/h5-6,8-9H,1-4,7H2. The number of alkyl halides is 3. The lowest BCUT2D eigenvalue weighted by molar-refractivity contribution is -0.140. The molecule has 3 heterocycles. The van der Waals surface area contributed by atoms with Gasteiger partial charge in [0, 0.05) is 30.6 Å². The first-order chi connectivity index (χ1) is 11.3. The van der Waals surface area contributed by atoms with Crippen molar-refractivity contribution in [1.29, 1.82) is 0 Å². The molecule has 1 amide bonds. The molecule has 3 rings (SSSR count). The van der Waals surface area contributed by atoms with Crippen LogP contribution in [0.15, 0.2) is 17.8 Å². The number of hydrogen-bond donors (Lipinski definition) is 0. The second-order valence-corrected chi connectivity index (χ2v) is 6.91. The van der Waals surface area contributed by atoms with Gasteiger partial charge in [0.1, 0.15) is 6.54 Å². The lowest BCUT2D eigenvalue weighted by Crippen LogP contribution is -2.39. The van der Waals surface area contributed by atoms with Crippen LogP contribution in [0.2, 0.25) is 5.02 Å². The number of thiazole rings is 1. The number of rotatable bonds is 3. The molecule has 2 aromatic rings. The molecule has 1 aliphatic rings. The van der Waals surface area contributed by atoms with Crippen molar-refractivity contribution in [2.75, 3.05) is 13.1 Å². The molecule has 5 nitrogen and oxygen atoms in total. The van der Waals surface area contributed by atoms with Crippen molar-refractivity contribution in [2.45, 2.75) is 31.5 Å². The number of carbonyl (C=O) groups excluding carboxylic acids is 1. The quantitative estimate of drug-likeness (QED) is 0.822. The van der Waals surface area contributed by atoms with E-state index in [0.717, 1.165) is 16.7 Å². The zero-order valence-corrected chi connectivity index (χ0v) is 14.0. The molecule has 0 atom stereocenters. The van der Waals surface area contributed by atoms with E-state index < -0.39 is 11.9 Å². The minimum Gasteiger partial charge on any atom is -0.341 e. The molecular weight excluding hydrogens is 365 g/mol. The van der Waals surface area contributed by atoms with Crippen molar-refractivity contribution >= 4 is 28.8 Å². The lowest BCUT2D eigenvalue weighted by atomic mass is 9.97. The topological polar surface area (TPSA) is 51.0 Å². The third-order valence-corrected chi connectivity index (χ3v) is 5.11. The summed E-state index contributed by atoms with van der Waals surface area (Å²) < 4.78 is 39.3. The summed E-state index contributed by atoms with van der Waals surface area (Å²) in [5.74, 6) is -0.113. The summed E-state index contributed by atoms with van der Waals surface area (Å²) in [6, 6.07) is 0. The third kappa shape index (κ3) is 3.89. The Morgan fingerprint density at radius 2 is 2.08 bits per heavy atom. The minimum atomic E-state index is -4.41. The molecule has 1 fully saturated rings. The molecule has 24 heavy (non-hydrogen) atoms. The maximum atomic E-state index is 12.6. The van der Waals surface area contributed by atoms with Crippen molar-refractivity contribution in [1.82, 2.24) is 19.7 Å². The molecule has 10 heteroatoms. The normalized spacial score (nSPS) is 16.6. The first-order valence-corrected chi connectivity index (χ1v) is 8.57. The largest absolute Gasteiger partial charge is 0.434 e. The van der Waals surface area contributed by atoms with E-state index in [9.17, 15) is 18.0 Å². The highest BCUT2D eigenvalue weighted by molar-refractivity contribution is 7.09. The van der Waals surface area contributed by atoms with E-state index in [1.54, 1.807) is 11.1 Å². The monoisotopic (exact) mass is 378 g/mol. The second-order valence-electron chi connectivity index (χ2n) is 5.58. The fourth-order valence-electron chi connectivity index (χ4n) is 2.64. The van der Waals surface area contributed by atoms with Crippen LogP contribution in [-0.2, 0) is 17.5 Å². The number of nitrogens with zero attached hydrogens (tertiary/aromatic N) is 4. The molecular formula is C14H14ClF3N4OS. The van der Waals surface area contributed by atoms with Gasteiger partial charge in [0.2, 0.25) is 5.91 Å². The molecule has 0 unspecified atom stereocenters. The number of aromatic nitrogens is 3. The van der Waals surface area contributed by atoms with Gasteiger partial charge in [0.05, 0.1) is 16.2 Å². The van der Waals surface area contributed by atoms with Crippen LogP contribution < -0.4 is 0 Å². The van der Waals surface area contributed by atoms with E-state index in [2.05, 4.69) is 10.1 Å². The van der Waals surface area contributed by atoms with Crippen molar-refractivity contribution in [2.24, 2.45) is 0 Å². The van der Waals surface area contributed by atoms with Gasteiger partial charge in [0.15, 0.2) is 5.69 Å². The highest BCUT2D eigenvalue weighted by Gasteiger charge is 2.35. The Balaban J connectivity index is 1.55. The Labute approximate surface area is 145 Å². The Hall–Kier alpha value is -1.61. The van der Waals surface area contributed by atoms with Crippen LogP contribution >= 0.6 is 22.9 Å². The maximum absolute atomic E-state index is 12.6. The average Bonchev–Trinajstić information content (AvgIpc) is 3.16. The molecule has 0 aliphatic carbocycles. The zero-order valence-electron chi connectivity index (χ0n) is 12.5. The molecule has 1 aliphatic heterocycles. The number of carbonyl (C=O) groups is 1. The first kappa shape index (κ1) is 17.2. The molecule has 1 saturated heterocycles. The predicted octanol–water partition coefficient (Wildman–Crippen LogP) is 3.42. The van der Waals surface area contributed by atoms with Crippen LogP contribution in [0.4, 0.5) is 13.2 Å². The summed E-state index contributed by atoms with van der Waals surface area (Å²) in [7, 11) is 0. The van der Waals surface area contributed by atoms with Crippen LogP contribution in [0.25, 0.3) is 0 Å². The maximum Gasteiger partial charge on any atom is 0.434 e. The first-order valence-electron chi connectivity index (χ1n) is 7.31. The molecule has 130 valence electrons. The SMILES string of the molecule is O=C(Cn1cc(Cl)cn1)N1CCC(c2nc(C(F)(F)F)cs2)CC1. The summed E-state index contributed by atoms with van der Waals surface area (Å²) in [6.45, 7) is 1.10. The van der Waals surface area contributed by atoms with Gasteiger partial charge in [-0.2, -0.15) is 18.3 Å². The minimum absolute atomic E-state index is 0.0331. The number of piperidine rings is 1. The number of amides is 1. The highest BCUT2D eigenvalue weighted by Crippen LogP contribution is 2.35. The van der Waals surface area contributed by atoms with Crippen molar-refractivity contribution < 1.29 is 18.0 Å². The van der Waals surface area contributed by atoms with Gasteiger partial charge >= 0.3 is 6.18 Å². The molecule has 0 saturated carbocycles. The molecule has 0 bridgehead atoms. The van der Waals surface area contributed by atoms with Crippen LogP contribution in [0, 0.1) is 0 Å². The molecule has 0 N–H and O–H groups in total. The zero-order chi connectivity index (χ0) is 17.3. The summed E-state index contributed by atoms with van der Waals surface area (Å²) in [5, 5.41) is 5.97. The van der Waals surface area contributed by atoms with Crippen LogP contribution in [0.1, 0.15) is 29.5 Å². The van der Waals surface area contributed by atoms with Crippen LogP contribution in [0.5, 0.6) is 0 Å². The summed E-state index contributed by atoms with van der Waals surface area (Å²) in [4.78, 5) is 17.6. The fraction of sp³-hybridized carbons (Fsp3) is 0.500. The van der Waals surface area contributed by atoms with Gasteiger partial charge in [0.25, 0.3) is 0 Å².